The molecular weight excluding hydrogens is 333 g/mol. The van der Waals surface area contributed by atoms with Gasteiger partial charge in [-0.3, -0.25) is 0 Å². The van der Waals surface area contributed by atoms with Gasteiger partial charge in [-0.1, -0.05) is 0 Å². The van der Waals surface area contributed by atoms with Gasteiger partial charge in [0, 0.05) is 6.07 Å². The number of ether oxygens (including phenoxy) is 2. The van der Waals surface area contributed by atoms with Crippen LogP contribution in [0.2, 0.25) is 0 Å². The van der Waals surface area contributed by atoms with Gasteiger partial charge in [-0.2, -0.15) is 0 Å². The molecule has 96 valence electrons. The van der Waals surface area contributed by atoms with Gasteiger partial charge in [0.2, 0.25) is 0 Å². The van der Waals surface area contributed by atoms with E-state index in [-0.39, 0.29) is 29.9 Å². The van der Waals surface area contributed by atoms with Crippen molar-refractivity contribution in [3.63, 3.8) is 0 Å². The molecule has 6 heteroatoms. The monoisotopic (exact) mass is 351 g/mol. The number of aliphatic imine (C=N–C) groups is 1. The molecule has 1 aromatic rings. The average molecular weight is 351 g/mol. The lowest BCUT2D eigenvalue weighted by Crippen LogP contribution is -2.22. The van der Waals surface area contributed by atoms with Crippen molar-refractivity contribution in [3.05, 3.63) is 18.2 Å². The van der Waals surface area contributed by atoms with Crippen LogP contribution in [0.5, 0.6) is 11.5 Å². The summed E-state index contributed by atoms with van der Waals surface area (Å²) in [6.45, 7) is 4.96. The zero-order chi connectivity index (χ0) is 12.0. The van der Waals surface area contributed by atoms with Crippen LogP contribution in [-0.2, 0) is 0 Å². The molecule has 0 aromatic heterocycles. The van der Waals surface area contributed by atoms with Gasteiger partial charge in [-0.15, -0.1) is 24.0 Å². The topological polar surface area (TPSA) is 82.9 Å². The number of guanidine groups is 1. The van der Waals surface area contributed by atoms with Crippen LogP contribution in [0.25, 0.3) is 0 Å². The first-order chi connectivity index (χ1) is 7.67. The minimum Gasteiger partial charge on any atom is -0.494 e. The first-order valence-corrected chi connectivity index (χ1v) is 5.16. The molecule has 0 aliphatic carbocycles. The SMILES string of the molecule is CCOc1ccc(OCC)c(N=C(N)N)c1.I. The molecule has 1 rings (SSSR count). The predicted octanol–water partition coefficient (Wildman–Crippen LogP) is 2.01. The number of nitrogens with zero attached hydrogens (tertiary/aromatic N) is 1. The van der Waals surface area contributed by atoms with Gasteiger partial charge in [-0.25, -0.2) is 4.99 Å². The smallest absolute Gasteiger partial charge is 0.191 e. The Hall–Kier alpha value is -1.18. The molecule has 4 N–H and O–H groups in total. The summed E-state index contributed by atoms with van der Waals surface area (Å²) in [5, 5.41) is 0. The second-order valence-corrected chi connectivity index (χ2v) is 3.03. The molecule has 0 spiro atoms. The Kier molecular flexibility index (Phi) is 7.44. The minimum atomic E-state index is -0.00500. The van der Waals surface area contributed by atoms with Crippen molar-refractivity contribution in [1.29, 1.82) is 0 Å². The van der Waals surface area contributed by atoms with E-state index in [0.29, 0.717) is 30.4 Å². The Morgan fingerprint density at radius 3 is 2.35 bits per heavy atom. The Bertz CT molecular complexity index is 379. The number of benzene rings is 1. The summed E-state index contributed by atoms with van der Waals surface area (Å²) in [6.07, 6.45) is 0. The van der Waals surface area contributed by atoms with Gasteiger partial charge in [0.25, 0.3) is 0 Å². The van der Waals surface area contributed by atoms with Crippen molar-refractivity contribution in [2.75, 3.05) is 13.2 Å². The first-order valence-electron chi connectivity index (χ1n) is 5.16. The van der Waals surface area contributed by atoms with Gasteiger partial charge >= 0.3 is 0 Å². The highest BCUT2D eigenvalue weighted by atomic mass is 127. The third-order valence-corrected chi connectivity index (χ3v) is 1.79. The fraction of sp³-hybridized carbons (Fsp3) is 0.364. The standard InChI is InChI=1S/C11H17N3O2.HI/c1-3-15-8-5-6-10(16-4-2)9(7-8)14-11(12)13;/h5-7H,3-4H2,1-2H3,(H4,12,13,14);1H. The molecule has 17 heavy (non-hydrogen) atoms. The van der Waals surface area contributed by atoms with Crippen molar-refractivity contribution >= 4 is 35.6 Å². The molecule has 0 unspecified atom stereocenters. The highest BCUT2D eigenvalue weighted by molar-refractivity contribution is 14.0. The highest BCUT2D eigenvalue weighted by Gasteiger charge is 2.05. The van der Waals surface area contributed by atoms with Crippen molar-refractivity contribution in [2.45, 2.75) is 13.8 Å². The fourth-order valence-corrected chi connectivity index (χ4v) is 1.26. The summed E-state index contributed by atoms with van der Waals surface area (Å²) in [6, 6.07) is 5.35. The Balaban J connectivity index is 0.00000256. The van der Waals surface area contributed by atoms with Crippen LogP contribution < -0.4 is 20.9 Å². The molecule has 0 saturated heterocycles. The zero-order valence-electron chi connectivity index (χ0n) is 9.97. The van der Waals surface area contributed by atoms with Crippen molar-refractivity contribution in [2.24, 2.45) is 16.5 Å². The van der Waals surface area contributed by atoms with E-state index in [1.54, 1.807) is 12.1 Å². The van der Waals surface area contributed by atoms with Gasteiger partial charge < -0.3 is 20.9 Å². The van der Waals surface area contributed by atoms with Crippen molar-refractivity contribution in [1.82, 2.24) is 0 Å². The third kappa shape index (κ3) is 5.12. The predicted molar refractivity (Wildman–Crippen MR) is 79.7 cm³/mol. The van der Waals surface area contributed by atoms with Crippen LogP contribution in [0.1, 0.15) is 13.8 Å². The van der Waals surface area contributed by atoms with E-state index >= 15 is 0 Å². The third-order valence-electron chi connectivity index (χ3n) is 1.79. The van der Waals surface area contributed by atoms with Crippen LogP contribution in [0.15, 0.2) is 23.2 Å². The lowest BCUT2D eigenvalue weighted by Gasteiger charge is -2.09. The summed E-state index contributed by atoms with van der Waals surface area (Å²) in [4.78, 5) is 3.99. The summed E-state index contributed by atoms with van der Waals surface area (Å²) in [5.41, 5.74) is 11.3. The van der Waals surface area contributed by atoms with E-state index < -0.39 is 0 Å². The molecule has 0 atom stereocenters. The maximum atomic E-state index is 5.40. The van der Waals surface area contributed by atoms with Gasteiger partial charge in [0.1, 0.15) is 17.2 Å². The lowest BCUT2D eigenvalue weighted by atomic mass is 10.3. The van der Waals surface area contributed by atoms with E-state index in [1.807, 2.05) is 19.9 Å². The second-order valence-electron chi connectivity index (χ2n) is 3.03. The maximum Gasteiger partial charge on any atom is 0.191 e. The van der Waals surface area contributed by atoms with Gasteiger partial charge in [0.05, 0.1) is 13.2 Å². The molecule has 0 radical (unpaired) electrons. The van der Waals surface area contributed by atoms with Crippen LogP contribution in [0.3, 0.4) is 0 Å². The van der Waals surface area contributed by atoms with E-state index in [2.05, 4.69) is 4.99 Å². The Labute approximate surface area is 118 Å². The molecule has 0 amide bonds. The number of hydrogen-bond acceptors (Lipinski definition) is 3. The normalized spacial score (nSPS) is 9.06. The van der Waals surface area contributed by atoms with E-state index in [1.165, 1.54) is 0 Å². The molecule has 0 fully saturated rings. The highest BCUT2D eigenvalue weighted by Crippen LogP contribution is 2.31. The summed E-state index contributed by atoms with van der Waals surface area (Å²) < 4.78 is 10.8. The molecule has 5 nitrogen and oxygen atoms in total. The molecule has 0 heterocycles. The lowest BCUT2D eigenvalue weighted by molar-refractivity contribution is 0.331. The Morgan fingerprint density at radius 1 is 1.18 bits per heavy atom. The average Bonchev–Trinajstić information content (AvgIpc) is 2.22. The second kappa shape index (κ2) is 7.99. The fourth-order valence-electron chi connectivity index (χ4n) is 1.26. The summed E-state index contributed by atoms with van der Waals surface area (Å²) in [5.74, 6) is 1.35. The molecule has 0 bridgehead atoms. The van der Waals surface area contributed by atoms with Gasteiger partial charge in [-0.05, 0) is 26.0 Å². The molecule has 0 saturated carbocycles. The molecule has 0 aliphatic heterocycles. The van der Waals surface area contributed by atoms with Crippen LogP contribution in [0.4, 0.5) is 5.69 Å². The van der Waals surface area contributed by atoms with Gasteiger partial charge in [0.15, 0.2) is 5.96 Å². The van der Waals surface area contributed by atoms with E-state index in [4.69, 9.17) is 20.9 Å². The molecule has 1 aromatic carbocycles. The number of halogens is 1. The quantitative estimate of drug-likeness (QED) is 0.483. The van der Waals surface area contributed by atoms with Crippen LogP contribution >= 0.6 is 24.0 Å². The molecular formula is C11H18IN3O2. The largest absolute Gasteiger partial charge is 0.494 e. The van der Waals surface area contributed by atoms with E-state index in [0.717, 1.165) is 0 Å². The maximum absolute atomic E-state index is 5.40. The number of nitrogens with two attached hydrogens (primary N) is 2. The summed E-state index contributed by atoms with van der Waals surface area (Å²) >= 11 is 0. The Morgan fingerprint density at radius 2 is 1.82 bits per heavy atom. The van der Waals surface area contributed by atoms with Crippen LogP contribution in [-0.4, -0.2) is 19.2 Å². The zero-order valence-corrected chi connectivity index (χ0v) is 12.3. The van der Waals surface area contributed by atoms with Crippen molar-refractivity contribution in [3.8, 4) is 11.5 Å². The minimum absolute atomic E-state index is 0. The number of rotatable bonds is 5. The summed E-state index contributed by atoms with van der Waals surface area (Å²) in [7, 11) is 0. The van der Waals surface area contributed by atoms with E-state index in [9.17, 15) is 0 Å². The van der Waals surface area contributed by atoms with Crippen molar-refractivity contribution < 1.29 is 9.47 Å². The first kappa shape index (κ1) is 15.8. The number of hydrogen-bond donors (Lipinski definition) is 2. The molecule has 0 aliphatic rings. The van der Waals surface area contributed by atoms with Crippen LogP contribution in [0, 0.1) is 0 Å².